The summed E-state index contributed by atoms with van der Waals surface area (Å²) in [6.07, 6.45) is -0.547. The Balaban J connectivity index is 2.58. The quantitative estimate of drug-likeness (QED) is 0.493. The average Bonchev–Trinajstić information content (AvgIpc) is 2.79. The zero-order chi connectivity index (χ0) is 13.6. The fourth-order valence-corrected chi connectivity index (χ4v) is 3.28. The minimum Gasteiger partial charge on any atom is -0.323 e. The van der Waals surface area contributed by atoms with E-state index in [1.807, 2.05) is 20.8 Å². The van der Waals surface area contributed by atoms with E-state index in [2.05, 4.69) is 15.5 Å². The summed E-state index contributed by atoms with van der Waals surface area (Å²) in [4.78, 5) is 20.2. The second kappa shape index (κ2) is 7.04. The van der Waals surface area contributed by atoms with E-state index in [1.165, 1.54) is 7.05 Å². The topological polar surface area (TPSA) is 63.0 Å². The van der Waals surface area contributed by atoms with Gasteiger partial charge >= 0.3 is 6.09 Å². The summed E-state index contributed by atoms with van der Waals surface area (Å²) in [5, 5.41) is 6.31. The monoisotopic (exact) mass is 289 g/mol. The number of nitrogens with one attached hydrogen (secondary N) is 1. The summed E-state index contributed by atoms with van der Waals surface area (Å²) >= 11 is 3.41. The Labute approximate surface area is 116 Å². The summed E-state index contributed by atoms with van der Waals surface area (Å²) < 4.78 is 1.09. The number of thioether (sulfide) groups is 2. The molecule has 0 spiro atoms. The Morgan fingerprint density at radius 1 is 1.61 bits per heavy atom. The normalized spacial score (nSPS) is 16.4. The molecular weight excluding hydrogens is 270 g/mol. The Kier molecular flexibility index (Phi) is 6.01. The number of aliphatic imine (C=N–C) groups is 1. The number of hydrogen-bond donors (Lipinski definition) is 1. The molecule has 1 heterocycles. The smallest absolute Gasteiger partial charge is 0.323 e. The van der Waals surface area contributed by atoms with Crippen molar-refractivity contribution >= 4 is 39.7 Å². The molecule has 0 saturated heterocycles. The van der Waals surface area contributed by atoms with Gasteiger partial charge in [0.25, 0.3) is 0 Å². The molecule has 1 N–H and O–H groups in total. The Hall–Kier alpha value is -0.690. The summed E-state index contributed by atoms with van der Waals surface area (Å²) in [7, 11) is 1.51. The first-order valence-corrected chi connectivity index (χ1v) is 7.66. The number of amides is 1. The minimum absolute atomic E-state index is 0.134. The van der Waals surface area contributed by atoms with Crippen molar-refractivity contribution in [3.63, 3.8) is 0 Å². The van der Waals surface area contributed by atoms with Crippen LogP contribution in [0, 0.1) is 5.41 Å². The first-order valence-electron chi connectivity index (χ1n) is 5.69. The summed E-state index contributed by atoms with van der Waals surface area (Å²) in [5.41, 5.74) is 0.705. The van der Waals surface area contributed by atoms with Gasteiger partial charge in [-0.1, -0.05) is 49.5 Å². The molecule has 5 nitrogen and oxygen atoms in total. The molecule has 7 heteroatoms. The maximum absolute atomic E-state index is 11.0. The molecule has 102 valence electrons. The van der Waals surface area contributed by atoms with Gasteiger partial charge in [0, 0.05) is 24.0 Å². The van der Waals surface area contributed by atoms with Gasteiger partial charge in [-0.25, -0.2) is 4.79 Å². The zero-order valence-corrected chi connectivity index (χ0v) is 12.8. The van der Waals surface area contributed by atoms with Gasteiger partial charge in [0.05, 0.1) is 12.3 Å². The van der Waals surface area contributed by atoms with Crippen molar-refractivity contribution in [2.75, 3.05) is 25.1 Å². The highest BCUT2D eigenvalue weighted by atomic mass is 32.2. The molecular formula is C11H19N3O2S2. The van der Waals surface area contributed by atoms with Crippen LogP contribution in [0.15, 0.2) is 10.1 Å². The molecule has 0 aromatic rings. The number of oxime groups is 1. The van der Waals surface area contributed by atoms with Crippen LogP contribution in [0.25, 0.3) is 0 Å². The molecule has 0 atom stereocenters. The van der Waals surface area contributed by atoms with Gasteiger partial charge in [-0.2, -0.15) is 0 Å². The molecule has 0 unspecified atom stereocenters. The van der Waals surface area contributed by atoms with Crippen molar-refractivity contribution < 1.29 is 9.63 Å². The maximum Gasteiger partial charge on any atom is 0.433 e. The largest absolute Gasteiger partial charge is 0.433 e. The predicted molar refractivity (Wildman–Crippen MR) is 79.6 cm³/mol. The molecule has 1 amide bonds. The third-order valence-corrected chi connectivity index (χ3v) is 4.46. The number of carbonyl (C=O) groups is 1. The molecule has 0 bridgehead atoms. The highest BCUT2D eigenvalue weighted by molar-refractivity contribution is 8.39. The van der Waals surface area contributed by atoms with Gasteiger partial charge in [-0.05, 0) is 0 Å². The van der Waals surface area contributed by atoms with Gasteiger partial charge in [0.1, 0.15) is 4.38 Å². The van der Waals surface area contributed by atoms with Crippen molar-refractivity contribution in [1.82, 2.24) is 5.32 Å². The fourth-order valence-electron chi connectivity index (χ4n) is 1.05. The van der Waals surface area contributed by atoms with Crippen molar-refractivity contribution in [1.29, 1.82) is 0 Å². The van der Waals surface area contributed by atoms with Gasteiger partial charge in [0.2, 0.25) is 0 Å². The molecule has 0 aromatic heterocycles. The molecule has 0 radical (unpaired) electrons. The van der Waals surface area contributed by atoms with Crippen LogP contribution in [0.3, 0.4) is 0 Å². The van der Waals surface area contributed by atoms with Crippen LogP contribution >= 0.6 is 23.5 Å². The lowest BCUT2D eigenvalue weighted by atomic mass is 9.91. The van der Waals surface area contributed by atoms with Gasteiger partial charge < -0.3 is 5.32 Å². The lowest BCUT2D eigenvalue weighted by molar-refractivity contribution is 0.152. The molecule has 0 saturated carbocycles. The van der Waals surface area contributed by atoms with E-state index < -0.39 is 6.09 Å². The van der Waals surface area contributed by atoms with Gasteiger partial charge in [0.15, 0.2) is 0 Å². The average molecular weight is 289 g/mol. The molecule has 1 aliphatic rings. The highest BCUT2D eigenvalue weighted by Crippen LogP contribution is 2.26. The van der Waals surface area contributed by atoms with Crippen LogP contribution in [0.1, 0.15) is 20.8 Å². The fraction of sp³-hybridized carbons (Fsp3) is 0.727. The van der Waals surface area contributed by atoms with Crippen LogP contribution in [0.4, 0.5) is 4.79 Å². The summed E-state index contributed by atoms with van der Waals surface area (Å²) in [6.45, 7) is 7.03. The number of nitrogens with zero attached hydrogens (tertiary/aromatic N) is 2. The first kappa shape index (κ1) is 15.4. The van der Waals surface area contributed by atoms with E-state index in [4.69, 9.17) is 4.84 Å². The standard InChI is InChI=1S/C11H19N3O2S2/c1-11(2,3)8(14-16-9(15)12-4)7-18-10-13-5-6-17-10/h5-7H2,1-4H3,(H,12,15). The van der Waals surface area contributed by atoms with Gasteiger partial charge in [-0.15, -0.1) is 0 Å². The van der Waals surface area contributed by atoms with E-state index in [0.717, 1.165) is 22.4 Å². The summed E-state index contributed by atoms with van der Waals surface area (Å²) in [5.74, 6) is 1.74. The Morgan fingerprint density at radius 3 is 2.83 bits per heavy atom. The van der Waals surface area contributed by atoms with Crippen molar-refractivity contribution in [2.24, 2.45) is 15.6 Å². The van der Waals surface area contributed by atoms with Crippen LogP contribution in [-0.4, -0.2) is 41.3 Å². The van der Waals surface area contributed by atoms with E-state index in [1.54, 1.807) is 23.5 Å². The molecule has 1 aliphatic heterocycles. The second-order valence-corrected chi connectivity index (χ2v) is 7.01. The zero-order valence-electron chi connectivity index (χ0n) is 11.1. The minimum atomic E-state index is -0.547. The van der Waals surface area contributed by atoms with Crippen LogP contribution < -0.4 is 5.32 Å². The maximum atomic E-state index is 11.0. The van der Waals surface area contributed by atoms with Crippen LogP contribution in [0.2, 0.25) is 0 Å². The van der Waals surface area contributed by atoms with Crippen molar-refractivity contribution in [3.05, 3.63) is 0 Å². The van der Waals surface area contributed by atoms with Crippen molar-refractivity contribution in [2.45, 2.75) is 20.8 Å². The Morgan fingerprint density at radius 2 is 2.33 bits per heavy atom. The molecule has 18 heavy (non-hydrogen) atoms. The second-order valence-electron chi connectivity index (χ2n) is 4.70. The van der Waals surface area contributed by atoms with E-state index in [-0.39, 0.29) is 5.41 Å². The third-order valence-electron chi connectivity index (χ3n) is 2.20. The SMILES string of the molecule is CNC(=O)ON=C(CSC1=NCCS1)C(C)(C)C. The van der Waals surface area contributed by atoms with E-state index >= 15 is 0 Å². The number of carbonyl (C=O) groups excluding carboxylic acids is 1. The number of hydrogen-bond acceptors (Lipinski definition) is 6. The van der Waals surface area contributed by atoms with E-state index in [0.29, 0.717) is 5.75 Å². The molecule has 0 fully saturated rings. The number of rotatable bonds is 3. The van der Waals surface area contributed by atoms with Crippen LogP contribution in [0.5, 0.6) is 0 Å². The third kappa shape index (κ3) is 5.30. The van der Waals surface area contributed by atoms with E-state index in [9.17, 15) is 4.79 Å². The van der Waals surface area contributed by atoms with Crippen molar-refractivity contribution in [3.8, 4) is 0 Å². The molecule has 0 aromatic carbocycles. The molecule has 1 rings (SSSR count). The van der Waals surface area contributed by atoms with Gasteiger partial charge in [-0.3, -0.25) is 9.83 Å². The lowest BCUT2D eigenvalue weighted by Gasteiger charge is -2.20. The molecule has 0 aliphatic carbocycles. The lowest BCUT2D eigenvalue weighted by Crippen LogP contribution is -2.25. The first-order chi connectivity index (χ1) is 8.43. The highest BCUT2D eigenvalue weighted by Gasteiger charge is 2.22. The Bertz CT molecular complexity index is 362. The predicted octanol–water partition coefficient (Wildman–Crippen LogP) is 2.58. The summed E-state index contributed by atoms with van der Waals surface area (Å²) in [6, 6.07) is 0. The van der Waals surface area contributed by atoms with Crippen LogP contribution in [-0.2, 0) is 4.84 Å².